The van der Waals surface area contributed by atoms with Crippen LogP contribution in [0.4, 0.5) is 0 Å². The number of amides is 1. The van der Waals surface area contributed by atoms with Gasteiger partial charge in [0, 0.05) is 23.3 Å². The van der Waals surface area contributed by atoms with Crippen molar-refractivity contribution in [2.24, 2.45) is 0 Å². The van der Waals surface area contributed by atoms with Gasteiger partial charge in [-0.25, -0.2) is 0 Å². The number of morpholine rings is 1. The van der Waals surface area contributed by atoms with Crippen LogP contribution in [0.2, 0.25) is 5.02 Å². The normalized spacial score (nSPS) is 21.6. The number of benzene rings is 1. The summed E-state index contributed by atoms with van der Waals surface area (Å²) < 4.78 is 7.81. The van der Waals surface area contributed by atoms with Gasteiger partial charge in [0.2, 0.25) is 0 Å². The number of rotatable bonds is 3. The lowest BCUT2D eigenvalue weighted by atomic mass is 10.1. The fourth-order valence-electron chi connectivity index (χ4n) is 3.74. The average Bonchev–Trinajstić information content (AvgIpc) is 3.33. The fourth-order valence-corrected chi connectivity index (χ4v) is 4.00. The van der Waals surface area contributed by atoms with E-state index < -0.39 is 0 Å². The molecule has 1 aromatic carbocycles. The van der Waals surface area contributed by atoms with Gasteiger partial charge in [-0.1, -0.05) is 42.6 Å². The highest BCUT2D eigenvalue weighted by Gasteiger charge is 2.29. The Morgan fingerprint density at radius 2 is 2.00 bits per heavy atom. The first-order chi connectivity index (χ1) is 12.2. The van der Waals surface area contributed by atoms with Gasteiger partial charge < -0.3 is 9.64 Å². The van der Waals surface area contributed by atoms with Crippen molar-refractivity contribution in [3.63, 3.8) is 0 Å². The van der Waals surface area contributed by atoms with E-state index >= 15 is 0 Å². The van der Waals surface area contributed by atoms with Gasteiger partial charge in [-0.2, -0.15) is 5.10 Å². The highest BCUT2D eigenvalue weighted by Crippen LogP contribution is 2.30. The van der Waals surface area contributed by atoms with E-state index in [4.69, 9.17) is 16.3 Å². The molecular formula is C19H22ClN3O2. The van der Waals surface area contributed by atoms with Crippen molar-refractivity contribution >= 4 is 17.5 Å². The molecule has 0 N–H and O–H groups in total. The Kier molecular flexibility index (Phi) is 4.77. The monoisotopic (exact) mass is 359 g/mol. The minimum absolute atomic E-state index is 0.0305. The summed E-state index contributed by atoms with van der Waals surface area (Å²) in [7, 11) is 0. The third-order valence-electron chi connectivity index (χ3n) is 5.13. The van der Waals surface area contributed by atoms with Crippen molar-refractivity contribution in [3.05, 3.63) is 52.8 Å². The van der Waals surface area contributed by atoms with E-state index in [-0.39, 0.29) is 12.0 Å². The molecule has 1 aliphatic heterocycles. The van der Waals surface area contributed by atoms with E-state index in [1.165, 1.54) is 12.8 Å². The van der Waals surface area contributed by atoms with Gasteiger partial charge in [0.15, 0.2) is 0 Å². The molecule has 0 spiro atoms. The van der Waals surface area contributed by atoms with Gasteiger partial charge in [-0.05, 0) is 25.0 Å². The second-order valence-electron chi connectivity index (χ2n) is 6.75. The molecule has 1 unspecified atom stereocenters. The zero-order valence-electron chi connectivity index (χ0n) is 14.1. The molecule has 0 radical (unpaired) electrons. The van der Waals surface area contributed by atoms with Crippen LogP contribution >= 0.6 is 11.6 Å². The number of hydrogen-bond acceptors (Lipinski definition) is 3. The molecule has 1 saturated carbocycles. The molecule has 5 nitrogen and oxygen atoms in total. The number of aromatic nitrogens is 2. The van der Waals surface area contributed by atoms with Crippen LogP contribution < -0.4 is 0 Å². The lowest BCUT2D eigenvalue weighted by Crippen LogP contribution is -2.42. The third-order valence-corrected chi connectivity index (χ3v) is 5.48. The number of ether oxygens (including phenoxy) is 1. The van der Waals surface area contributed by atoms with Crippen LogP contribution in [0.5, 0.6) is 0 Å². The Balaban J connectivity index is 1.47. The Morgan fingerprint density at radius 3 is 2.80 bits per heavy atom. The van der Waals surface area contributed by atoms with E-state index in [0.29, 0.717) is 36.5 Å². The zero-order valence-corrected chi connectivity index (χ0v) is 14.9. The topological polar surface area (TPSA) is 47.4 Å². The molecule has 2 heterocycles. The Bertz CT molecular complexity index is 755. The van der Waals surface area contributed by atoms with Crippen LogP contribution in [0, 0.1) is 0 Å². The van der Waals surface area contributed by atoms with E-state index in [2.05, 4.69) is 5.10 Å². The first-order valence-corrected chi connectivity index (χ1v) is 9.30. The molecule has 1 saturated heterocycles. The summed E-state index contributed by atoms with van der Waals surface area (Å²) >= 11 is 6.28. The molecule has 132 valence electrons. The Morgan fingerprint density at radius 1 is 1.20 bits per heavy atom. The van der Waals surface area contributed by atoms with Crippen LogP contribution in [0.3, 0.4) is 0 Å². The molecule has 6 heteroatoms. The second-order valence-corrected chi connectivity index (χ2v) is 7.16. The number of nitrogens with zero attached hydrogens (tertiary/aromatic N) is 3. The summed E-state index contributed by atoms with van der Waals surface area (Å²) in [6, 6.07) is 9.92. The number of carbonyl (C=O) groups is 1. The predicted molar refractivity (Wildman–Crippen MR) is 95.8 cm³/mol. The third kappa shape index (κ3) is 3.44. The summed E-state index contributed by atoms with van der Waals surface area (Å²) in [5.74, 6) is -0.0305. The molecule has 1 amide bonds. The maximum absolute atomic E-state index is 12.9. The van der Waals surface area contributed by atoms with Crippen LogP contribution in [0.25, 0.3) is 0 Å². The lowest BCUT2D eigenvalue weighted by molar-refractivity contribution is -0.0230. The van der Waals surface area contributed by atoms with E-state index in [9.17, 15) is 4.79 Å². The van der Waals surface area contributed by atoms with Crippen molar-refractivity contribution in [1.29, 1.82) is 0 Å². The van der Waals surface area contributed by atoms with Crippen LogP contribution in [-0.4, -0.2) is 40.3 Å². The molecule has 2 aliphatic rings. The van der Waals surface area contributed by atoms with Crippen molar-refractivity contribution < 1.29 is 9.53 Å². The first kappa shape index (κ1) is 16.6. The summed E-state index contributed by atoms with van der Waals surface area (Å²) in [5, 5.41) is 5.21. The van der Waals surface area contributed by atoms with Gasteiger partial charge >= 0.3 is 0 Å². The smallest absolute Gasteiger partial charge is 0.274 e. The van der Waals surface area contributed by atoms with E-state index in [1.807, 2.05) is 46.1 Å². The number of halogens is 1. The SMILES string of the molecule is O=C(c1ccn(C2CCCC2)n1)N1CCOC(c2ccccc2Cl)C1. The summed E-state index contributed by atoms with van der Waals surface area (Å²) in [6.07, 6.45) is 6.55. The predicted octanol–water partition coefficient (Wildman–Crippen LogP) is 3.87. The fraction of sp³-hybridized carbons (Fsp3) is 0.474. The molecule has 4 rings (SSSR count). The Hall–Kier alpha value is -1.85. The molecule has 1 aliphatic carbocycles. The zero-order chi connectivity index (χ0) is 17.2. The molecule has 25 heavy (non-hydrogen) atoms. The quantitative estimate of drug-likeness (QED) is 0.835. The second kappa shape index (κ2) is 7.18. The minimum atomic E-state index is -0.191. The first-order valence-electron chi connectivity index (χ1n) is 8.93. The van der Waals surface area contributed by atoms with Crippen molar-refractivity contribution in [2.45, 2.75) is 37.8 Å². The number of hydrogen-bond donors (Lipinski definition) is 0. The largest absolute Gasteiger partial charge is 0.370 e. The highest BCUT2D eigenvalue weighted by molar-refractivity contribution is 6.31. The Labute approximate surface area is 152 Å². The highest BCUT2D eigenvalue weighted by atomic mass is 35.5. The maximum atomic E-state index is 12.9. The molecule has 2 aromatic rings. The van der Waals surface area contributed by atoms with Crippen LogP contribution in [-0.2, 0) is 4.74 Å². The standard InChI is InChI=1S/C19H22ClN3O2/c20-16-8-4-3-7-15(16)18-13-22(11-12-25-18)19(24)17-9-10-23(21-17)14-5-1-2-6-14/h3-4,7-10,14,18H,1-2,5-6,11-13H2. The summed E-state index contributed by atoms with van der Waals surface area (Å²) in [5.41, 5.74) is 1.45. The van der Waals surface area contributed by atoms with Gasteiger partial charge in [0.1, 0.15) is 11.8 Å². The van der Waals surface area contributed by atoms with E-state index in [1.54, 1.807) is 0 Å². The molecule has 2 fully saturated rings. The molecule has 1 aromatic heterocycles. The van der Waals surface area contributed by atoms with Gasteiger partial charge in [-0.3, -0.25) is 9.48 Å². The van der Waals surface area contributed by atoms with Crippen LogP contribution in [0.1, 0.15) is 53.9 Å². The average molecular weight is 360 g/mol. The molecule has 1 atom stereocenters. The van der Waals surface area contributed by atoms with Crippen LogP contribution in [0.15, 0.2) is 36.5 Å². The van der Waals surface area contributed by atoms with Gasteiger partial charge in [-0.15, -0.1) is 0 Å². The van der Waals surface area contributed by atoms with Crippen molar-refractivity contribution in [2.75, 3.05) is 19.7 Å². The summed E-state index contributed by atoms with van der Waals surface area (Å²) in [4.78, 5) is 14.7. The van der Waals surface area contributed by atoms with Crippen molar-refractivity contribution in [1.82, 2.24) is 14.7 Å². The van der Waals surface area contributed by atoms with Gasteiger partial charge in [0.05, 0.1) is 19.2 Å². The van der Waals surface area contributed by atoms with Gasteiger partial charge in [0.25, 0.3) is 5.91 Å². The molecule has 0 bridgehead atoms. The number of carbonyl (C=O) groups excluding carboxylic acids is 1. The lowest BCUT2D eigenvalue weighted by Gasteiger charge is -2.33. The minimum Gasteiger partial charge on any atom is -0.370 e. The summed E-state index contributed by atoms with van der Waals surface area (Å²) in [6.45, 7) is 1.58. The maximum Gasteiger partial charge on any atom is 0.274 e. The molecular weight excluding hydrogens is 338 g/mol. The van der Waals surface area contributed by atoms with Crippen molar-refractivity contribution in [3.8, 4) is 0 Å². The van der Waals surface area contributed by atoms with E-state index in [0.717, 1.165) is 18.4 Å².